The predicted octanol–water partition coefficient (Wildman–Crippen LogP) is -0.0899. The highest BCUT2D eigenvalue weighted by Gasteiger charge is 2.29. The molecule has 1 saturated heterocycles. The van der Waals surface area contributed by atoms with E-state index in [2.05, 4.69) is 10.5 Å². The minimum atomic E-state index is -0.182. The van der Waals surface area contributed by atoms with Crippen molar-refractivity contribution in [1.82, 2.24) is 15.4 Å². The summed E-state index contributed by atoms with van der Waals surface area (Å²) in [6, 6.07) is 1.61. The largest absolute Gasteiger partial charge is 0.361 e. The van der Waals surface area contributed by atoms with Gasteiger partial charge in [0.1, 0.15) is 5.76 Å². The summed E-state index contributed by atoms with van der Waals surface area (Å²) in [5, 5.41) is 6.50. The lowest BCUT2D eigenvalue weighted by Gasteiger charge is -2.31. The van der Waals surface area contributed by atoms with Crippen molar-refractivity contribution in [3.05, 3.63) is 17.5 Å². The summed E-state index contributed by atoms with van der Waals surface area (Å²) in [7, 11) is 0. The quantitative estimate of drug-likeness (QED) is 0.802. The Morgan fingerprint density at radius 1 is 1.60 bits per heavy atom. The molecule has 0 bridgehead atoms. The molecule has 2 amide bonds. The number of hydrogen-bond acceptors (Lipinski definition) is 5. The van der Waals surface area contributed by atoms with Crippen molar-refractivity contribution in [3.8, 4) is 0 Å². The fourth-order valence-corrected chi connectivity index (χ4v) is 2.34. The number of aromatic nitrogens is 1. The smallest absolute Gasteiger partial charge is 0.276 e. The van der Waals surface area contributed by atoms with Crippen molar-refractivity contribution in [1.29, 1.82) is 0 Å². The number of likely N-dealkylation sites (tertiary alicyclic amines) is 1. The minimum Gasteiger partial charge on any atom is -0.361 e. The third-order valence-corrected chi connectivity index (χ3v) is 3.37. The van der Waals surface area contributed by atoms with Crippen molar-refractivity contribution in [2.75, 3.05) is 26.2 Å². The average Bonchev–Trinajstić information content (AvgIpc) is 2.90. The normalized spacial score (nSPS) is 18.9. The first-order chi connectivity index (χ1) is 9.61. The van der Waals surface area contributed by atoms with Crippen LogP contribution in [-0.4, -0.2) is 48.0 Å². The second-order valence-corrected chi connectivity index (χ2v) is 4.99. The number of carbonyl (C=O) groups excluding carboxylic acids is 2. The van der Waals surface area contributed by atoms with Gasteiger partial charge in [-0.05, 0) is 19.8 Å². The standard InChI is InChI=1S/C13H20N4O3/c1-9-7-11(16-20-9)13(19)17-6-2-3-10(8-17)12(18)15-5-4-14/h7,10H,2-6,8,14H2,1H3,(H,15,18). The second kappa shape index (κ2) is 6.51. The second-order valence-electron chi connectivity index (χ2n) is 4.99. The van der Waals surface area contributed by atoms with Crippen LogP contribution < -0.4 is 11.1 Å². The zero-order valence-corrected chi connectivity index (χ0v) is 11.6. The summed E-state index contributed by atoms with van der Waals surface area (Å²) in [6.45, 7) is 3.68. The fourth-order valence-electron chi connectivity index (χ4n) is 2.34. The van der Waals surface area contributed by atoms with Gasteiger partial charge in [-0.15, -0.1) is 0 Å². The molecule has 2 rings (SSSR count). The van der Waals surface area contributed by atoms with Crippen LogP contribution in [0.4, 0.5) is 0 Å². The molecule has 0 spiro atoms. The molecular formula is C13H20N4O3. The molecule has 0 saturated carbocycles. The number of aryl methyl sites for hydroxylation is 1. The van der Waals surface area contributed by atoms with E-state index in [1.54, 1.807) is 17.9 Å². The maximum absolute atomic E-state index is 12.2. The van der Waals surface area contributed by atoms with Crippen molar-refractivity contribution >= 4 is 11.8 Å². The Labute approximate surface area is 117 Å². The zero-order valence-electron chi connectivity index (χ0n) is 11.6. The van der Waals surface area contributed by atoms with Crippen LogP contribution in [0, 0.1) is 12.8 Å². The summed E-state index contributed by atoms with van der Waals surface area (Å²) in [6.07, 6.45) is 1.60. The Kier molecular flexibility index (Phi) is 4.73. The molecule has 7 heteroatoms. The van der Waals surface area contributed by atoms with Gasteiger partial charge in [0, 0.05) is 32.2 Å². The van der Waals surface area contributed by atoms with E-state index in [1.165, 1.54) is 0 Å². The Bertz CT molecular complexity index is 486. The Hall–Kier alpha value is -1.89. The maximum Gasteiger partial charge on any atom is 0.276 e. The topological polar surface area (TPSA) is 101 Å². The molecule has 1 aromatic rings. The first-order valence-electron chi connectivity index (χ1n) is 6.82. The van der Waals surface area contributed by atoms with Gasteiger partial charge in [-0.1, -0.05) is 5.16 Å². The molecule has 1 fully saturated rings. The van der Waals surface area contributed by atoms with Crippen LogP contribution >= 0.6 is 0 Å². The lowest BCUT2D eigenvalue weighted by atomic mass is 9.97. The van der Waals surface area contributed by atoms with E-state index in [4.69, 9.17) is 10.3 Å². The summed E-state index contributed by atoms with van der Waals surface area (Å²) in [5.74, 6) is 0.206. The van der Waals surface area contributed by atoms with Crippen molar-refractivity contribution < 1.29 is 14.1 Å². The molecule has 0 aliphatic carbocycles. The highest BCUT2D eigenvalue weighted by atomic mass is 16.5. The maximum atomic E-state index is 12.2. The number of hydrogen-bond donors (Lipinski definition) is 2. The summed E-state index contributed by atoms with van der Waals surface area (Å²) in [4.78, 5) is 25.8. The molecule has 1 aliphatic heterocycles. The number of carbonyl (C=O) groups is 2. The highest BCUT2D eigenvalue weighted by Crippen LogP contribution is 2.18. The van der Waals surface area contributed by atoms with Crippen molar-refractivity contribution in [2.45, 2.75) is 19.8 Å². The minimum absolute atomic E-state index is 0.0377. The number of nitrogens with zero attached hydrogens (tertiary/aromatic N) is 2. The van der Waals surface area contributed by atoms with Gasteiger partial charge in [0.2, 0.25) is 5.91 Å². The number of nitrogens with one attached hydrogen (secondary N) is 1. The van der Waals surface area contributed by atoms with Crippen LogP contribution in [0.2, 0.25) is 0 Å². The van der Waals surface area contributed by atoms with Gasteiger partial charge < -0.3 is 20.5 Å². The van der Waals surface area contributed by atoms with Gasteiger partial charge in [-0.25, -0.2) is 0 Å². The number of piperidine rings is 1. The van der Waals surface area contributed by atoms with Gasteiger partial charge in [0.05, 0.1) is 5.92 Å². The van der Waals surface area contributed by atoms with E-state index in [0.29, 0.717) is 37.6 Å². The Balaban J connectivity index is 1.96. The average molecular weight is 280 g/mol. The third-order valence-electron chi connectivity index (χ3n) is 3.37. The van der Waals surface area contributed by atoms with Gasteiger partial charge in [-0.3, -0.25) is 9.59 Å². The van der Waals surface area contributed by atoms with Crippen LogP contribution in [0.15, 0.2) is 10.6 Å². The molecule has 1 aliphatic rings. The van der Waals surface area contributed by atoms with Crippen molar-refractivity contribution in [3.63, 3.8) is 0 Å². The Morgan fingerprint density at radius 2 is 2.40 bits per heavy atom. The molecule has 2 heterocycles. The van der Waals surface area contributed by atoms with E-state index in [0.717, 1.165) is 12.8 Å². The molecular weight excluding hydrogens is 260 g/mol. The molecule has 7 nitrogen and oxygen atoms in total. The first kappa shape index (κ1) is 14.5. The zero-order chi connectivity index (χ0) is 14.5. The van der Waals surface area contributed by atoms with E-state index in [9.17, 15) is 9.59 Å². The molecule has 1 aromatic heterocycles. The van der Waals surface area contributed by atoms with Gasteiger partial charge in [-0.2, -0.15) is 0 Å². The summed E-state index contributed by atoms with van der Waals surface area (Å²) in [5.41, 5.74) is 5.66. The van der Waals surface area contributed by atoms with Crippen LogP contribution in [-0.2, 0) is 4.79 Å². The molecule has 1 unspecified atom stereocenters. The molecule has 0 radical (unpaired) electrons. The van der Waals surface area contributed by atoms with Gasteiger partial charge in [0.25, 0.3) is 5.91 Å². The molecule has 1 atom stereocenters. The number of rotatable bonds is 4. The molecule has 20 heavy (non-hydrogen) atoms. The van der Waals surface area contributed by atoms with Gasteiger partial charge >= 0.3 is 0 Å². The summed E-state index contributed by atoms with van der Waals surface area (Å²) < 4.78 is 4.91. The molecule has 0 aromatic carbocycles. The molecule has 3 N–H and O–H groups in total. The van der Waals surface area contributed by atoms with Gasteiger partial charge in [0.15, 0.2) is 5.69 Å². The van der Waals surface area contributed by atoms with E-state index in [-0.39, 0.29) is 17.7 Å². The third kappa shape index (κ3) is 3.36. The van der Waals surface area contributed by atoms with E-state index in [1.807, 2.05) is 0 Å². The monoisotopic (exact) mass is 280 g/mol. The summed E-state index contributed by atoms with van der Waals surface area (Å²) >= 11 is 0. The SMILES string of the molecule is Cc1cc(C(=O)N2CCCC(C(=O)NCCN)C2)no1. The number of nitrogens with two attached hydrogens (primary N) is 1. The van der Waals surface area contributed by atoms with Crippen LogP contribution in [0.3, 0.4) is 0 Å². The van der Waals surface area contributed by atoms with E-state index < -0.39 is 0 Å². The molecule has 110 valence electrons. The Morgan fingerprint density at radius 3 is 3.05 bits per heavy atom. The predicted molar refractivity (Wildman–Crippen MR) is 71.9 cm³/mol. The fraction of sp³-hybridized carbons (Fsp3) is 0.615. The lowest BCUT2D eigenvalue weighted by molar-refractivity contribution is -0.126. The van der Waals surface area contributed by atoms with E-state index >= 15 is 0 Å². The van der Waals surface area contributed by atoms with Crippen LogP contribution in [0.25, 0.3) is 0 Å². The number of amides is 2. The highest BCUT2D eigenvalue weighted by molar-refractivity contribution is 5.92. The van der Waals surface area contributed by atoms with Crippen LogP contribution in [0.5, 0.6) is 0 Å². The first-order valence-corrected chi connectivity index (χ1v) is 6.82. The van der Waals surface area contributed by atoms with Crippen molar-refractivity contribution in [2.24, 2.45) is 11.7 Å². The lowest BCUT2D eigenvalue weighted by Crippen LogP contribution is -2.46. The van der Waals surface area contributed by atoms with Crippen LogP contribution in [0.1, 0.15) is 29.1 Å².